The van der Waals surface area contributed by atoms with E-state index in [2.05, 4.69) is 24.0 Å². The predicted octanol–water partition coefficient (Wildman–Crippen LogP) is 2.14. The standard InChI is InChI=1S/C11H23NOS/c1-3-11(8-13-2)12-6-7-14-9-10-4-5-10/h10-12H,3-9H2,1-2H3. The smallest absolute Gasteiger partial charge is 0.0615 e. The molecule has 0 radical (unpaired) electrons. The maximum atomic E-state index is 5.13. The lowest BCUT2D eigenvalue weighted by Crippen LogP contribution is -2.34. The Labute approximate surface area is 92.2 Å². The summed E-state index contributed by atoms with van der Waals surface area (Å²) in [5.41, 5.74) is 0. The Hall–Kier alpha value is 0.270. The summed E-state index contributed by atoms with van der Waals surface area (Å²) in [4.78, 5) is 0. The molecule has 0 aromatic heterocycles. The fourth-order valence-corrected chi connectivity index (χ4v) is 2.49. The maximum absolute atomic E-state index is 5.13. The molecule has 0 saturated heterocycles. The number of nitrogens with one attached hydrogen (secondary N) is 1. The van der Waals surface area contributed by atoms with Gasteiger partial charge in [0.2, 0.25) is 0 Å². The first-order valence-electron chi connectivity index (χ1n) is 5.66. The molecule has 0 spiro atoms. The molecule has 0 bridgehead atoms. The largest absolute Gasteiger partial charge is 0.383 e. The zero-order chi connectivity index (χ0) is 10.2. The van der Waals surface area contributed by atoms with Crippen LogP contribution < -0.4 is 5.32 Å². The minimum absolute atomic E-state index is 0.543. The molecule has 0 heterocycles. The minimum Gasteiger partial charge on any atom is -0.383 e. The molecule has 1 aliphatic carbocycles. The van der Waals surface area contributed by atoms with E-state index in [1.165, 1.54) is 24.3 Å². The van der Waals surface area contributed by atoms with Gasteiger partial charge in [0.15, 0.2) is 0 Å². The quantitative estimate of drug-likeness (QED) is 0.598. The Morgan fingerprint density at radius 1 is 1.50 bits per heavy atom. The summed E-state index contributed by atoms with van der Waals surface area (Å²) in [6.45, 7) is 4.16. The van der Waals surface area contributed by atoms with Gasteiger partial charge in [-0.25, -0.2) is 0 Å². The molecule has 0 aromatic carbocycles. The lowest BCUT2D eigenvalue weighted by Gasteiger charge is -2.15. The van der Waals surface area contributed by atoms with Crippen LogP contribution in [0, 0.1) is 5.92 Å². The van der Waals surface area contributed by atoms with Crippen LogP contribution in [0.3, 0.4) is 0 Å². The zero-order valence-electron chi connectivity index (χ0n) is 9.42. The topological polar surface area (TPSA) is 21.3 Å². The van der Waals surface area contributed by atoms with Crippen LogP contribution in [0.25, 0.3) is 0 Å². The van der Waals surface area contributed by atoms with Gasteiger partial charge < -0.3 is 10.1 Å². The van der Waals surface area contributed by atoms with E-state index in [1.807, 2.05) is 0 Å². The molecule has 1 unspecified atom stereocenters. The molecule has 1 aliphatic rings. The number of hydrogen-bond donors (Lipinski definition) is 1. The van der Waals surface area contributed by atoms with Crippen molar-refractivity contribution < 1.29 is 4.74 Å². The molecule has 1 rings (SSSR count). The zero-order valence-corrected chi connectivity index (χ0v) is 10.2. The van der Waals surface area contributed by atoms with Crippen molar-refractivity contribution in [2.75, 3.05) is 31.8 Å². The predicted molar refractivity (Wildman–Crippen MR) is 64.0 cm³/mol. The summed E-state index contributed by atoms with van der Waals surface area (Å²) in [5.74, 6) is 3.68. The summed E-state index contributed by atoms with van der Waals surface area (Å²) >= 11 is 2.09. The molecular formula is C11H23NOS. The average molecular weight is 217 g/mol. The second-order valence-electron chi connectivity index (χ2n) is 4.03. The lowest BCUT2D eigenvalue weighted by molar-refractivity contribution is 0.165. The Morgan fingerprint density at radius 2 is 2.29 bits per heavy atom. The van der Waals surface area contributed by atoms with E-state index >= 15 is 0 Å². The molecule has 0 aliphatic heterocycles. The Bertz CT molecular complexity index is 139. The van der Waals surface area contributed by atoms with Gasteiger partial charge in [0, 0.05) is 25.4 Å². The Morgan fingerprint density at radius 3 is 2.86 bits per heavy atom. The molecule has 0 amide bonds. The Kier molecular flexibility index (Phi) is 6.65. The van der Waals surface area contributed by atoms with Crippen molar-refractivity contribution in [3.63, 3.8) is 0 Å². The molecule has 3 heteroatoms. The number of hydrogen-bond acceptors (Lipinski definition) is 3. The van der Waals surface area contributed by atoms with Crippen molar-refractivity contribution in [1.29, 1.82) is 0 Å². The van der Waals surface area contributed by atoms with Crippen LogP contribution >= 0.6 is 11.8 Å². The van der Waals surface area contributed by atoms with Crippen LogP contribution in [0.5, 0.6) is 0 Å². The minimum atomic E-state index is 0.543. The third-order valence-corrected chi connectivity index (χ3v) is 3.79. The van der Waals surface area contributed by atoms with Gasteiger partial charge in [-0.1, -0.05) is 6.92 Å². The van der Waals surface area contributed by atoms with Crippen LogP contribution in [0.4, 0.5) is 0 Å². The van der Waals surface area contributed by atoms with Gasteiger partial charge in [-0.3, -0.25) is 0 Å². The molecule has 1 saturated carbocycles. The highest BCUT2D eigenvalue weighted by molar-refractivity contribution is 7.99. The van der Waals surface area contributed by atoms with Gasteiger partial charge in [0.1, 0.15) is 0 Å². The van der Waals surface area contributed by atoms with E-state index in [9.17, 15) is 0 Å². The third-order valence-electron chi connectivity index (χ3n) is 2.59. The highest BCUT2D eigenvalue weighted by Crippen LogP contribution is 2.32. The first-order chi connectivity index (χ1) is 6.86. The highest BCUT2D eigenvalue weighted by Gasteiger charge is 2.20. The monoisotopic (exact) mass is 217 g/mol. The van der Waals surface area contributed by atoms with Crippen LogP contribution in [0.1, 0.15) is 26.2 Å². The first-order valence-corrected chi connectivity index (χ1v) is 6.82. The van der Waals surface area contributed by atoms with Crippen molar-refractivity contribution in [1.82, 2.24) is 5.32 Å². The summed E-state index contributed by atoms with van der Waals surface area (Å²) in [6, 6.07) is 0.543. The van der Waals surface area contributed by atoms with Crippen molar-refractivity contribution >= 4 is 11.8 Å². The second kappa shape index (κ2) is 7.55. The number of ether oxygens (including phenoxy) is 1. The summed E-state index contributed by atoms with van der Waals surface area (Å²) < 4.78 is 5.13. The van der Waals surface area contributed by atoms with Gasteiger partial charge in [-0.2, -0.15) is 11.8 Å². The SMILES string of the molecule is CCC(COC)NCCSCC1CC1. The van der Waals surface area contributed by atoms with E-state index in [-0.39, 0.29) is 0 Å². The van der Waals surface area contributed by atoms with Gasteiger partial charge >= 0.3 is 0 Å². The van der Waals surface area contributed by atoms with E-state index in [0.29, 0.717) is 6.04 Å². The Balaban J connectivity index is 1.84. The molecule has 1 fully saturated rings. The molecule has 1 atom stereocenters. The summed E-state index contributed by atoms with van der Waals surface area (Å²) in [5, 5.41) is 3.52. The van der Waals surface area contributed by atoms with E-state index in [4.69, 9.17) is 4.74 Å². The van der Waals surface area contributed by atoms with Gasteiger partial charge in [-0.15, -0.1) is 0 Å². The van der Waals surface area contributed by atoms with Crippen molar-refractivity contribution in [3.05, 3.63) is 0 Å². The van der Waals surface area contributed by atoms with Crippen LogP contribution in [-0.2, 0) is 4.74 Å². The molecule has 2 nitrogen and oxygen atoms in total. The van der Waals surface area contributed by atoms with Gasteiger partial charge in [0.05, 0.1) is 6.61 Å². The third kappa shape index (κ3) is 5.89. The average Bonchev–Trinajstić information content (AvgIpc) is 2.99. The molecule has 0 aromatic rings. The number of thioether (sulfide) groups is 1. The van der Waals surface area contributed by atoms with E-state index < -0.39 is 0 Å². The number of rotatable bonds is 9. The normalized spacial score (nSPS) is 18.4. The summed E-state index contributed by atoms with van der Waals surface area (Å²) in [7, 11) is 1.77. The lowest BCUT2D eigenvalue weighted by atomic mass is 10.2. The van der Waals surface area contributed by atoms with Crippen molar-refractivity contribution in [2.45, 2.75) is 32.2 Å². The fraction of sp³-hybridized carbons (Fsp3) is 1.00. The van der Waals surface area contributed by atoms with E-state index in [1.54, 1.807) is 7.11 Å². The van der Waals surface area contributed by atoms with Crippen molar-refractivity contribution in [2.24, 2.45) is 5.92 Å². The number of methoxy groups -OCH3 is 1. The molecule has 14 heavy (non-hydrogen) atoms. The van der Waals surface area contributed by atoms with Gasteiger partial charge in [-0.05, 0) is 30.9 Å². The fourth-order valence-electron chi connectivity index (χ4n) is 1.39. The van der Waals surface area contributed by atoms with Crippen molar-refractivity contribution in [3.8, 4) is 0 Å². The molecular weight excluding hydrogens is 194 g/mol. The maximum Gasteiger partial charge on any atom is 0.0615 e. The molecule has 1 N–H and O–H groups in total. The second-order valence-corrected chi connectivity index (χ2v) is 5.18. The first kappa shape index (κ1) is 12.3. The van der Waals surface area contributed by atoms with Gasteiger partial charge in [0.25, 0.3) is 0 Å². The highest BCUT2D eigenvalue weighted by atomic mass is 32.2. The van der Waals surface area contributed by atoms with E-state index in [0.717, 1.165) is 25.5 Å². The van der Waals surface area contributed by atoms with Crippen LogP contribution in [0.15, 0.2) is 0 Å². The summed E-state index contributed by atoms with van der Waals surface area (Å²) in [6.07, 6.45) is 4.10. The van der Waals surface area contributed by atoms with Crippen LogP contribution in [0.2, 0.25) is 0 Å². The molecule has 84 valence electrons. The van der Waals surface area contributed by atoms with Crippen LogP contribution in [-0.4, -0.2) is 37.8 Å².